The Morgan fingerprint density at radius 2 is 2.00 bits per heavy atom. The van der Waals surface area contributed by atoms with Gasteiger partial charge in [-0.15, -0.1) is 0 Å². The molecule has 1 aliphatic rings. The fourth-order valence-electron chi connectivity index (χ4n) is 2.44. The molecule has 1 atom stereocenters. The summed E-state index contributed by atoms with van der Waals surface area (Å²) in [5.74, 6) is 1.01. The lowest BCUT2D eigenvalue weighted by Gasteiger charge is -2.13. The van der Waals surface area contributed by atoms with E-state index >= 15 is 0 Å². The highest BCUT2D eigenvalue weighted by molar-refractivity contribution is 5.54. The zero-order valence-corrected chi connectivity index (χ0v) is 11.6. The van der Waals surface area contributed by atoms with E-state index in [1.807, 2.05) is 24.5 Å². The van der Waals surface area contributed by atoms with Crippen LogP contribution in [0.25, 0.3) is 0 Å². The maximum absolute atomic E-state index is 5.91. The summed E-state index contributed by atoms with van der Waals surface area (Å²) in [6.07, 6.45) is 4.82. The molecule has 0 fully saturated rings. The van der Waals surface area contributed by atoms with Crippen molar-refractivity contribution in [2.75, 3.05) is 23.7 Å². The fourth-order valence-corrected chi connectivity index (χ4v) is 2.44. The largest absolute Gasteiger partial charge is 0.488 e. The summed E-state index contributed by atoms with van der Waals surface area (Å²) in [6.45, 7) is 3.75. The van der Waals surface area contributed by atoms with Crippen molar-refractivity contribution in [3.8, 4) is 5.75 Å². The highest BCUT2D eigenvalue weighted by atomic mass is 16.5. The Labute approximate surface area is 119 Å². The van der Waals surface area contributed by atoms with Gasteiger partial charge < -0.3 is 15.4 Å². The molecule has 1 aliphatic heterocycles. The van der Waals surface area contributed by atoms with Gasteiger partial charge in [0.2, 0.25) is 0 Å². The lowest BCUT2D eigenvalue weighted by molar-refractivity contribution is 0.246. The van der Waals surface area contributed by atoms with E-state index in [1.165, 1.54) is 5.56 Å². The van der Waals surface area contributed by atoms with E-state index in [-0.39, 0.29) is 6.10 Å². The highest BCUT2D eigenvalue weighted by Crippen LogP contribution is 2.28. The average molecular weight is 269 g/mol. The van der Waals surface area contributed by atoms with Gasteiger partial charge in [-0.3, -0.25) is 4.98 Å². The number of hydrogen-bond acceptors (Lipinski definition) is 4. The average Bonchev–Trinajstić information content (AvgIpc) is 2.89. The second-order valence-corrected chi connectivity index (χ2v) is 4.93. The minimum Gasteiger partial charge on any atom is -0.488 e. The van der Waals surface area contributed by atoms with Crippen molar-refractivity contribution in [3.63, 3.8) is 0 Å². The van der Waals surface area contributed by atoms with E-state index in [4.69, 9.17) is 4.74 Å². The minimum absolute atomic E-state index is 0.190. The van der Waals surface area contributed by atoms with Crippen molar-refractivity contribution >= 4 is 11.4 Å². The van der Waals surface area contributed by atoms with Gasteiger partial charge >= 0.3 is 0 Å². The fraction of sp³-hybridized carbons (Fsp3) is 0.312. The first kappa shape index (κ1) is 12.8. The molecule has 0 radical (unpaired) electrons. The number of anilines is 2. The van der Waals surface area contributed by atoms with Crippen molar-refractivity contribution in [3.05, 3.63) is 48.3 Å². The molecule has 0 saturated heterocycles. The van der Waals surface area contributed by atoms with Gasteiger partial charge in [-0.05, 0) is 24.6 Å². The Hall–Kier alpha value is -2.23. The normalized spacial score (nSPS) is 16.4. The van der Waals surface area contributed by atoms with Crippen LogP contribution in [-0.4, -0.2) is 24.2 Å². The first-order chi connectivity index (χ1) is 9.85. The van der Waals surface area contributed by atoms with E-state index in [1.54, 1.807) is 0 Å². The number of ether oxygens (including phenoxy) is 1. The van der Waals surface area contributed by atoms with E-state index in [0.29, 0.717) is 0 Å². The number of para-hydroxylation sites is 1. The van der Waals surface area contributed by atoms with Gasteiger partial charge in [0, 0.05) is 13.0 Å². The topological polar surface area (TPSA) is 46.2 Å². The predicted octanol–water partition coefficient (Wildman–Crippen LogP) is 2.93. The third-order valence-corrected chi connectivity index (χ3v) is 3.37. The highest BCUT2D eigenvalue weighted by Gasteiger charge is 2.21. The van der Waals surface area contributed by atoms with E-state index < -0.39 is 0 Å². The van der Waals surface area contributed by atoms with Gasteiger partial charge in [-0.25, -0.2) is 0 Å². The summed E-state index contributed by atoms with van der Waals surface area (Å²) in [5, 5.41) is 6.65. The van der Waals surface area contributed by atoms with Crippen LogP contribution in [0.4, 0.5) is 11.4 Å². The van der Waals surface area contributed by atoms with Gasteiger partial charge in [0.05, 0.1) is 30.3 Å². The van der Waals surface area contributed by atoms with Crippen LogP contribution >= 0.6 is 0 Å². The Balaban J connectivity index is 1.57. The number of benzene rings is 1. The Bertz CT molecular complexity index is 560. The molecule has 0 aliphatic carbocycles. The molecule has 104 valence electrons. The van der Waals surface area contributed by atoms with Crippen molar-refractivity contribution in [1.29, 1.82) is 0 Å². The quantitative estimate of drug-likeness (QED) is 0.876. The standard InChI is InChI=1S/C16H19N3O/c1-2-18-13-8-14(10-17-9-13)19-11-15-7-12-5-3-4-6-16(12)20-15/h3-6,8-10,15,18-19H,2,7,11H2,1H3. The second-order valence-electron chi connectivity index (χ2n) is 4.93. The van der Waals surface area contributed by atoms with E-state index in [2.05, 4.69) is 40.7 Å². The third-order valence-electron chi connectivity index (χ3n) is 3.37. The molecule has 0 bridgehead atoms. The maximum atomic E-state index is 5.91. The molecular formula is C16H19N3O. The summed E-state index contributed by atoms with van der Waals surface area (Å²) in [6, 6.07) is 10.3. The lowest BCUT2D eigenvalue weighted by Crippen LogP contribution is -2.24. The first-order valence-corrected chi connectivity index (χ1v) is 7.02. The van der Waals surface area contributed by atoms with Gasteiger partial charge in [0.15, 0.2) is 0 Å². The van der Waals surface area contributed by atoms with Gasteiger partial charge in [-0.2, -0.15) is 0 Å². The molecular weight excluding hydrogens is 250 g/mol. The van der Waals surface area contributed by atoms with Crippen LogP contribution in [0.15, 0.2) is 42.7 Å². The molecule has 1 aromatic heterocycles. The van der Waals surface area contributed by atoms with Crippen LogP contribution in [0.2, 0.25) is 0 Å². The number of nitrogens with one attached hydrogen (secondary N) is 2. The first-order valence-electron chi connectivity index (χ1n) is 7.02. The molecule has 2 heterocycles. The molecule has 2 N–H and O–H groups in total. The third kappa shape index (κ3) is 2.85. The molecule has 0 saturated carbocycles. The van der Waals surface area contributed by atoms with Crippen molar-refractivity contribution in [2.45, 2.75) is 19.4 Å². The van der Waals surface area contributed by atoms with Crippen LogP contribution in [0.1, 0.15) is 12.5 Å². The Kier molecular flexibility index (Phi) is 3.72. The van der Waals surface area contributed by atoms with Crippen LogP contribution in [0, 0.1) is 0 Å². The summed E-state index contributed by atoms with van der Waals surface area (Å²) in [4.78, 5) is 4.22. The Morgan fingerprint density at radius 1 is 1.20 bits per heavy atom. The summed E-state index contributed by atoms with van der Waals surface area (Å²) in [5.41, 5.74) is 3.34. The lowest BCUT2D eigenvalue weighted by atomic mass is 10.1. The van der Waals surface area contributed by atoms with Gasteiger partial charge in [0.25, 0.3) is 0 Å². The number of hydrogen-bond donors (Lipinski definition) is 2. The summed E-state index contributed by atoms with van der Waals surface area (Å²) in [7, 11) is 0. The van der Waals surface area contributed by atoms with Crippen LogP contribution in [-0.2, 0) is 6.42 Å². The molecule has 1 aromatic carbocycles. The summed E-state index contributed by atoms with van der Waals surface area (Å²) >= 11 is 0. The van der Waals surface area contributed by atoms with E-state index in [0.717, 1.165) is 36.6 Å². The molecule has 2 aromatic rings. The molecule has 20 heavy (non-hydrogen) atoms. The van der Waals surface area contributed by atoms with Crippen LogP contribution < -0.4 is 15.4 Å². The molecule has 1 unspecified atom stereocenters. The summed E-state index contributed by atoms with van der Waals surface area (Å²) < 4.78 is 5.91. The van der Waals surface area contributed by atoms with E-state index in [9.17, 15) is 0 Å². The number of aromatic nitrogens is 1. The second kappa shape index (κ2) is 5.82. The zero-order chi connectivity index (χ0) is 13.8. The van der Waals surface area contributed by atoms with Crippen molar-refractivity contribution in [2.24, 2.45) is 0 Å². The predicted molar refractivity (Wildman–Crippen MR) is 81.5 cm³/mol. The molecule has 4 heteroatoms. The van der Waals surface area contributed by atoms with Gasteiger partial charge in [0.1, 0.15) is 11.9 Å². The van der Waals surface area contributed by atoms with Crippen LogP contribution in [0.5, 0.6) is 5.75 Å². The number of rotatable bonds is 5. The Morgan fingerprint density at radius 3 is 2.80 bits per heavy atom. The van der Waals surface area contributed by atoms with Crippen molar-refractivity contribution < 1.29 is 4.74 Å². The van der Waals surface area contributed by atoms with Crippen molar-refractivity contribution in [1.82, 2.24) is 4.98 Å². The molecule has 4 nitrogen and oxygen atoms in total. The SMILES string of the molecule is CCNc1cncc(NCC2Cc3ccccc3O2)c1. The smallest absolute Gasteiger partial charge is 0.123 e. The molecule has 0 spiro atoms. The number of nitrogens with zero attached hydrogens (tertiary/aromatic N) is 1. The minimum atomic E-state index is 0.190. The molecule has 3 rings (SSSR count). The number of pyridine rings is 1. The maximum Gasteiger partial charge on any atom is 0.123 e. The van der Waals surface area contributed by atoms with Gasteiger partial charge in [-0.1, -0.05) is 18.2 Å². The monoisotopic (exact) mass is 269 g/mol. The van der Waals surface area contributed by atoms with Crippen LogP contribution in [0.3, 0.4) is 0 Å². The molecule has 0 amide bonds. The number of fused-ring (bicyclic) bond motifs is 1. The zero-order valence-electron chi connectivity index (χ0n) is 11.6.